The number of fused-ring (bicyclic) bond motifs is 1. The van der Waals surface area contributed by atoms with Crippen molar-refractivity contribution in [2.45, 2.75) is 33.1 Å². The molecule has 0 saturated heterocycles. The highest BCUT2D eigenvalue weighted by molar-refractivity contribution is 5.89. The van der Waals surface area contributed by atoms with Crippen molar-refractivity contribution < 1.29 is 30.0 Å². The van der Waals surface area contributed by atoms with Crippen LogP contribution in [0.25, 0.3) is 10.8 Å². The van der Waals surface area contributed by atoms with Crippen LogP contribution >= 0.6 is 12.4 Å². The smallest absolute Gasteiger partial charge is 0.300 e. The lowest BCUT2D eigenvalue weighted by Gasteiger charge is -2.25. The van der Waals surface area contributed by atoms with Crippen molar-refractivity contribution in [2.75, 3.05) is 6.54 Å². The van der Waals surface area contributed by atoms with Gasteiger partial charge in [0.15, 0.2) is 11.5 Å². The molecule has 2 rings (SSSR count). The van der Waals surface area contributed by atoms with Crippen molar-refractivity contribution in [1.82, 2.24) is 0 Å². The second-order valence-corrected chi connectivity index (χ2v) is 5.99. The fraction of sp³-hybridized carbons (Fsp3) is 0.333. The first-order valence-electron chi connectivity index (χ1n) is 7.46. The molecular formula is C18H26ClNO6. The van der Waals surface area contributed by atoms with E-state index in [4.69, 9.17) is 25.5 Å². The zero-order chi connectivity index (χ0) is 19.8. The van der Waals surface area contributed by atoms with Crippen LogP contribution in [0.2, 0.25) is 0 Å². The Bertz CT molecular complexity index is 726. The van der Waals surface area contributed by atoms with Crippen molar-refractivity contribution in [3.05, 3.63) is 35.9 Å². The number of hydrogen-bond acceptors (Lipinski definition) is 5. The molecule has 6 N–H and O–H groups in total. The van der Waals surface area contributed by atoms with Gasteiger partial charge >= 0.3 is 0 Å². The van der Waals surface area contributed by atoms with Gasteiger partial charge in [-0.15, -0.1) is 12.4 Å². The van der Waals surface area contributed by atoms with E-state index in [9.17, 15) is 10.2 Å². The molecule has 0 aliphatic rings. The van der Waals surface area contributed by atoms with Crippen molar-refractivity contribution in [3.8, 4) is 11.5 Å². The van der Waals surface area contributed by atoms with E-state index in [-0.39, 0.29) is 29.3 Å². The topological polar surface area (TPSA) is 141 Å². The van der Waals surface area contributed by atoms with Gasteiger partial charge in [0.2, 0.25) is 0 Å². The Kier molecular flexibility index (Phi) is 11.1. The van der Waals surface area contributed by atoms with Crippen LogP contribution in [0.15, 0.2) is 30.3 Å². The summed E-state index contributed by atoms with van der Waals surface area (Å²) in [5.41, 5.74) is 6.70. The number of carboxylic acids is 2. The van der Waals surface area contributed by atoms with Crippen molar-refractivity contribution >= 4 is 35.1 Å². The maximum absolute atomic E-state index is 9.60. The highest BCUT2D eigenvalue weighted by atomic mass is 35.5. The minimum Gasteiger partial charge on any atom is -0.504 e. The van der Waals surface area contributed by atoms with Crippen LogP contribution in [0, 0.1) is 0 Å². The minimum absolute atomic E-state index is 0. The maximum Gasteiger partial charge on any atom is 0.300 e. The molecule has 146 valence electrons. The summed E-state index contributed by atoms with van der Waals surface area (Å²) in [5, 5.41) is 35.8. The van der Waals surface area contributed by atoms with Gasteiger partial charge in [0.05, 0.1) is 0 Å². The standard InChI is InChI=1S/C14H17NO2.2C2H4O2.ClH/c1-14(2,8-15)11-5-3-4-9-6-12(16)13(17)7-10(9)11;2*1-2(3)4;/h3-7,16-17H,8,15H2,1-2H3;2*1H3,(H,3,4);1H. The molecule has 8 heteroatoms. The number of carbonyl (C=O) groups is 2. The van der Waals surface area contributed by atoms with Gasteiger partial charge in [0, 0.05) is 25.8 Å². The van der Waals surface area contributed by atoms with Gasteiger partial charge in [-0.3, -0.25) is 9.59 Å². The van der Waals surface area contributed by atoms with Crippen LogP contribution in [0.1, 0.15) is 33.3 Å². The van der Waals surface area contributed by atoms with Crippen LogP contribution in [-0.2, 0) is 15.0 Å². The Morgan fingerprint density at radius 3 is 1.85 bits per heavy atom. The van der Waals surface area contributed by atoms with Crippen LogP contribution < -0.4 is 5.73 Å². The normalized spacial score (nSPS) is 9.73. The lowest BCUT2D eigenvalue weighted by Crippen LogP contribution is -2.28. The number of aromatic hydroxyl groups is 2. The van der Waals surface area contributed by atoms with Gasteiger partial charge in [0.1, 0.15) is 0 Å². The third kappa shape index (κ3) is 8.55. The van der Waals surface area contributed by atoms with E-state index in [0.717, 1.165) is 30.2 Å². The quantitative estimate of drug-likeness (QED) is 0.498. The third-order valence-corrected chi connectivity index (χ3v) is 3.21. The zero-order valence-corrected chi connectivity index (χ0v) is 16.0. The monoisotopic (exact) mass is 387 g/mol. The average Bonchev–Trinajstić information content (AvgIpc) is 2.46. The summed E-state index contributed by atoms with van der Waals surface area (Å²) < 4.78 is 0. The predicted molar refractivity (Wildman–Crippen MR) is 103 cm³/mol. The van der Waals surface area contributed by atoms with E-state index in [0.29, 0.717) is 6.54 Å². The lowest BCUT2D eigenvalue weighted by molar-refractivity contribution is -0.135. The van der Waals surface area contributed by atoms with E-state index in [1.807, 2.05) is 18.2 Å². The van der Waals surface area contributed by atoms with E-state index in [2.05, 4.69) is 13.8 Å². The van der Waals surface area contributed by atoms with Gasteiger partial charge < -0.3 is 26.2 Å². The summed E-state index contributed by atoms with van der Waals surface area (Å²) in [6, 6.07) is 9.01. The molecule has 2 aromatic rings. The van der Waals surface area contributed by atoms with E-state index < -0.39 is 11.9 Å². The van der Waals surface area contributed by atoms with E-state index in [1.165, 1.54) is 0 Å². The Hall–Kier alpha value is -2.51. The summed E-state index contributed by atoms with van der Waals surface area (Å²) >= 11 is 0. The fourth-order valence-corrected chi connectivity index (χ4v) is 2.00. The summed E-state index contributed by atoms with van der Waals surface area (Å²) in [5.74, 6) is -1.86. The number of rotatable bonds is 2. The van der Waals surface area contributed by atoms with Crippen LogP contribution in [0.5, 0.6) is 11.5 Å². The molecule has 7 nitrogen and oxygen atoms in total. The first-order chi connectivity index (χ1) is 11.4. The van der Waals surface area contributed by atoms with Crippen LogP contribution in [0.3, 0.4) is 0 Å². The number of aliphatic carboxylic acids is 2. The van der Waals surface area contributed by atoms with Gasteiger partial charge in [0.25, 0.3) is 11.9 Å². The molecule has 0 fully saturated rings. The Morgan fingerprint density at radius 1 is 1.00 bits per heavy atom. The number of benzene rings is 2. The summed E-state index contributed by atoms with van der Waals surface area (Å²) in [4.78, 5) is 18.0. The molecule has 0 saturated carbocycles. The van der Waals surface area contributed by atoms with Gasteiger partial charge in [-0.25, -0.2) is 0 Å². The molecule has 0 aliphatic heterocycles. The number of phenols is 2. The zero-order valence-electron chi connectivity index (χ0n) is 15.2. The summed E-state index contributed by atoms with van der Waals surface area (Å²) in [6.45, 7) is 6.81. The molecule has 0 spiro atoms. The van der Waals surface area contributed by atoms with Crippen molar-refractivity contribution in [1.29, 1.82) is 0 Å². The highest BCUT2D eigenvalue weighted by Crippen LogP contribution is 2.35. The SMILES string of the molecule is CC(=O)O.CC(=O)O.CC(C)(CN)c1cccc2cc(O)c(O)cc12.Cl. The van der Waals surface area contributed by atoms with Gasteiger partial charge in [-0.05, 0) is 28.5 Å². The number of hydrogen-bond donors (Lipinski definition) is 5. The fourth-order valence-electron chi connectivity index (χ4n) is 2.00. The largest absolute Gasteiger partial charge is 0.504 e. The van der Waals surface area contributed by atoms with E-state index in [1.54, 1.807) is 12.1 Å². The molecule has 0 amide bonds. The molecule has 0 radical (unpaired) electrons. The molecule has 0 bridgehead atoms. The van der Waals surface area contributed by atoms with Crippen LogP contribution in [-0.4, -0.2) is 38.9 Å². The van der Waals surface area contributed by atoms with Crippen LogP contribution in [0.4, 0.5) is 0 Å². The number of phenolic OH excluding ortho intramolecular Hbond substituents is 2. The number of halogens is 1. The first kappa shape index (κ1) is 25.7. The summed E-state index contributed by atoms with van der Waals surface area (Å²) in [7, 11) is 0. The Balaban J connectivity index is 0. The highest BCUT2D eigenvalue weighted by Gasteiger charge is 2.21. The van der Waals surface area contributed by atoms with Gasteiger partial charge in [-0.1, -0.05) is 32.0 Å². The number of carboxylic acid groups (broad SMARTS) is 2. The lowest BCUT2D eigenvalue weighted by atomic mass is 9.82. The molecule has 0 aromatic heterocycles. The first-order valence-corrected chi connectivity index (χ1v) is 7.46. The molecular weight excluding hydrogens is 362 g/mol. The molecule has 0 aliphatic carbocycles. The maximum atomic E-state index is 9.60. The Labute approximate surface area is 158 Å². The number of nitrogens with two attached hydrogens (primary N) is 1. The molecule has 2 aromatic carbocycles. The molecule has 26 heavy (non-hydrogen) atoms. The molecule has 0 unspecified atom stereocenters. The Morgan fingerprint density at radius 2 is 1.42 bits per heavy atom. The minimum atomic E-state index is -0.833. The summed E-state index contributed by atoms with van der Waals surface area (Å²) in [6.07, 6.45) is 0. The van der Waals surface area contributed by atoms with Crippen molar-refractivity contribution in [2.24, 2.45) is 5.73 Å². The second kappa shape index (κ2) is 11.2. The average molecular weight is 388 g/mol. The predicted octanol–water partition coefficient (Wildman–Crippen LogP) is 3.09. The molecule has 0 atom stereocenters. The second-order valence-electron chi connectivity index (χ2n) is 5.99. The van der Waals surface area contributed by atoms with Gasteiger partial charge in [-0.2, -0.15) is 0 Å². The van der Waals surface area contributed by atoms with E-state index >= 15 is 0 Å². The van der Waals surface area contributed by atoms with Crippen molar-refractivity contribution in [3.63, 3.8) is 0 Å². The molecule has 0 heterocycles. The third-order valence-electron chi connectivity index (χ3n) is 3.21.